The number of benzene rings is 2. The molecule has 2 aliphatic rings. The molecule has 2 aromatic rings. The smallest absolute Gasteiger partial charge is 0.223 e. The normalized spacial score (nSPS) is 20.2. The summed E-state index contributed by atoms with van der Waals surface area (Å²) in [5.74, 6) is 1.23. The van der Waals surface area contributed by atoms with Gasteiger partial charge in [0, 0.05) is 25.6 Å². The van der Waals surface area contributed by atoms with Crippen molar-refractivity contribution >= 4 is 5.91 Å². The van der Waals surface area contributed by atoms with Crippen LogP contribution in [0.3, 0.4) is 0 Å². The first-order chi connectivity index (χ1) is 14.8. The molecule has 30 heavy (non-hydrogen) atoms. The summed E-state index contributed by atoms with van der Waals surface area (Å²) >= 11 is 0. The second-order valence-electron chi connectivity index (χ2n) is 8.35. The predicted octanol–water partition coefficient (Wildman–Crippen LogP) is 3.77. The van der Waals surface area contributed by atoms with E-state index in [1.807, 2.05) is 30.3 Å². The highest BCUT2D eigenvalue weighted by atomic mass is 16.5. The molecule has 1 N–H and O–H groups in total. The minimum atomic E-state index is 0.136. The number of hydrogen-bond donors (Lipinski definition) is 1. The molecule has 0 bridgehead atoms. The Morgan fingerprint density at radius 1 is 1.00 bits per heavy atom. The Hall–Kier alpha value is -2.37. The monoisotopic (exact) mass is 408 g/mol. The zero-order valence-corrected chi connectivity index (χ0v) is 17.6. The van der Waals surface area contributed by atoms with Gasteiger partial charge in [-0.3, -0.25) is 9.69 Å². The first-order valence-electron chi connectivity index (χ1n) is 11.1. The maximum Gasteiger partial charge on any atom is 0.223 e. The summed E-state index contributed by atoms with van der Waals surface area (Å²) in [7, 11) is 0. The van der Waals surface area contributed by atoms with Crippen LogP contribution >= 0.6 is 0 Å². The van der Waals surface area contributed by atoms with Gasteiger partial charge in [0.05, 0.1) is 6.10 Å². The van der Waals surface area contributed by atoms with E-state index in [1.165, 1.54) is 11.1 Å². The van der Waals surface area contributed by atoms with Crippen molar-refractivity contribution in [1.82, 2.24) is 10.2 Å². The van der Waals surface area contributed by atoms with Gasteiger partial charge in [0.1, 0.15) is 12.4 Å². The van der Waals surface area contributed by atoms with E-state index in [9.17, 15) is 4.79 Å². The summed E-state index contributed by atoms with van der Waals surface area (Å²) in [5.41, 5.74) is 2.45. The Bertz CT molecular complexity index is 780. The Morgan fingerprint density at radius 3 is 2.47 bits per heavy atom. The van der Waals surface area contributed by atoms with Crippen LogP contribution in [-0.2, 0) is 22.7 Å². The van der Waals surface area contributed by atoms with Crippen LogP contribution < -0.4 is 10.1 Å². The molecule has 160 valence electrons. The molecule has 2 saturated heterocycles. The Kier molecular flexibility index (Phi) is 7.38. The molecule has 4 rings (SSSR count). The molecule has 2 aromatic carbocycles. The van der Waals surface area contributed by atoms with Gasteiger partial charge < -0.3 is 14.8 Å². The summed E-state index contributed by atoms with van der Waals surface area (Å²) < 4.78 is 11.5. The van der Waals surface area contributed by atoms with Crippen LogP contribution in [0.4, 0.5) is 0 Å². The van der Waals surface area contributed by atoms with Crippen LogP contribution in [0, 0.1) is 5.92 Å². The number of ether oxygens (including phenoxy) is 2. The zero-order valence-electron chi connectivity index (χ0n) is 17.6. The Morgan fingerprint density at radius 2 is 1.77 bits per heavy atom. The lowest BCUT2D eigenvalue weighted by Gasteiger charge is -2.31. The molecule has 0 aliphatic carbocycles. The van der Waals surface area contributed by atoms with Crippen LogP contribution in [0.1, 0.15) is 36.8 Å². The van der Waals surface area contributed by atoms with E-state index in [0.29, 0.717) is 13.2 Å². The largest absolute Gasteiger partial charge is 0.489 e. The minimum Gasteiger partial charge on any atom is -0.489 e. The third-order valence-electron chi connectivity index (χ3n) is 6.06. The number of nitrogens with one attached hydrogen (secondary N) is 1. The molecule has 5 heteroatoms. The quantitative estimate of drug-likeness (QED) is 0.722. The molecule has 2 fully saturated rings. The molecule has 0 saturated carbocycles. The van der Waals surface area contributed by atoms with E-state index in [1.54, 1.807) is 0 Å². The van der Waals surface area contributed by atoms with Gasteiger partial charge in [-0.25, -0.2) is 0 Å². The standard InChI is InChI=1S/C25H32N2O3/c28-25(26-17-24-7-4-16-29-24)22-12-14-27(15-13-22)18-20-8-10-23(11-9-20)30-19-21-5-2-1-3-6-21/h1-3,5-6,8-11,22,24H,4,7,12-19H2,(H,26,28). The SMILES string of the molecule is O=C(NCC1CCCO1)C1CCN(Cc2ccc(OCc3ccccc3)cc2)CC1. The summed E-state index contributed by atoms with van der Waals surface area (Å²) in [6.45, 7) is 4.93. The molecule has 1 unspecified atom stereocenters. The molecule has 1 amide bonds. The van der Waals surface area contributed by atoms with Gasteiger partial charge in [0.2, 0.25) is 5.91 Å². The van der Waals surface area contributed by atoms with E-state index in [4.69, 9.17) is 9.47 Å². The lowest BCUT2D eigenvalue weighted by molar-refractivity contribution is -0.127. The number of rotatable bonds is 8. The van der Waals surface area contributed by atoms with Crippen molar-refractivity contribution in [3.8, 4) is 5.75 Å². The van der Waals surface area contributed by atoms with Crippen molar-refractivity contribution in [2.75, 3.05) is 26.2 Å². The van der Waals surface area contributed by atoms with Crippen LogP contribution in [-0.4, -0.2) is 43.2 Å². The van der Waals surface area contributed by atoms with Crippen molar-refractivity contribution in [3.63, 3.8) is 0 Å². The van der Waals surface area contributed by atoms with E-state index < -0.39 is 0 Å². The van der Waals surface area contributed by atoms with Gasteiger partial charge in [-0.2, -0.15) is 0 Å². The third-order valence-corrected chi connectivity index (χ3v) is 6.06. The van der Waals surface area contributed by atoms with Crippen molar-refractivity contribution in [2.24, 2.45) is 5.92 Å². The number of amides is 1. The molecule has 0 spiro atoms. The lowest BCUT2D eigenvalue weighted by Crippen LogP contribution is -2.42. The number of hydrogen-bond acceptors (Lipinski definition) is 4. The minimum absolute atomic E-state index is 0.136. The number of piperidine rings is 1. The summed E-state index contributed by atoms with van der Waals surface area (Å²) in [4.78, 5) is 14.9. The second-order valence-corrected chi connectivity index (χ2v) is 8.35. The van der Waals surface area contributed by atoms with E-state index in [2.05, 4.69) is 34.5 Å². The highest BCUT2D eigenvalue weighted by molar-refractivity contribution is 5.78. The van der Waals surface area contributed by atoms with Crippen molar-refractivity contribution in [3.05, 3.63) is 65.7 Å². The van der Waals surface area contributed by atoms with Gasteiger partial charge in [-0.15, -0.1) is 0 Å². The molecule has 2 aliphatic heterocycles. The maximum atomic E-state index is 12.4. The fourth-order valence-electron chi connectivity index (χ4n) is 4.21. The van der Waals surface area contributed by atoms with E-state index >= 15 is 0 Å². The fraction of sp³-hybridized carbons (Fsp3) is 0.480. The molecule has 2 heterocycles. The number of carbonyl (C=O) groups excluding carboxylic acids is 1. The lowest BCUT2D eigenvalue weighted by atomic mass is 9.95. The average molecular weight is 409 g/mol. The van der Waals surface area contributed by atoms with Crippen molar-refractivity contribution < 1.29 is 14.3 Å². The highest BCUT2D eigenvalue weighted by Gasteiger charge is 2.26. The van der Waals surface area contributed by atoms with Gasteiger partial charge >= 0.3 is 0 Å². The maximum absolute atomic E-state index is 12.4. The fourth-order valence-corrected chi connectivity index (χ4v) is 4.21. The number of carbonyl (C=O) groups is 1. The van der Waals surface area contributed by atoms with Gasteiger partial charge in [0.25, 0.3) is 0 Å². The van der Waals surface area contributed by atoms with Gasteiger partial charge in [-0.05, 0) is 62.0 Å². The van der Waals surface area contributed by atoms with Gasteiger partial charge in [-0.1, -0.05) is 42.5 Å². The summed E-state index contributed by atoms with van der Waals surface area (Å²) in [5, 5.41) is 3.09. The summed E-state index contributed by atoms with van der Waals surface area (Å²) in [6, 6.07) is 18.6. The first-order valence-corrected chi connectivity index (χ1v) is 11.1. The predicted molar refractivity (Wildman–Crippen MR) is 117 cm³/mol. The molecular formula is C25H32N2O3. The highest BCUT2D eigenvalue weighted by Crippen LogP contribution is 2.21. The Labute approximate surface area is 179 Å². The van der Waals surface area contributed by atoms with Crippen LogP contribution in [0.25, 0.3) is 0 Å². The Balaban J connectivity index is 1.17. The number of likely N-dealkylation sites (tertiary alicyclic amines) is 1. The van der Waals surface area contributed by atoms with Crippen LogP contribution in [0.2, 0.25) is 0 Å². The third kappa shape index (κ3) is 6.07. The molecule has 5 nitrogen and oxygen atoms in total. The zero-order chi connectivity index (χ0) is 20.6. The molecular weight excluding hydrogens is 376 g/mol. The van der Waals surface area contributed by atoms with Gasteiger partial charge in [0.15, 0.2) is 0 Å². The van der Waals surface area contributed by atoms with E-state index in [0.717, 1.165) is 57.7 Å². The van der Waals surface area contributed by atoms with Crippen LogP contribution in [0.5, 0.6) is 5.75 Å². The van der Waals surface area contributed by atoms with Crippen LogP contribution in [0.15, 0.2) is 54.6 Å². The first kappa shape index (κ1) is 20.9. The van der Waals surface area contributed by atoms with E-state index in [-0.39, 0.29) is 17.9 Å². The number of nitrogens with zero attached hydrogens (tertiary/aromatic N) is 1. The topological polar surface area (TPSA) is 50.8 Å². The molecule has 0 aromatic heterocycles. The second kappa shape index (κ2) is 10.6. The van der Waals surface area contributed by atoms with Crippen molar-refractivity contribution in [1.29, 1.82) is 0 Å². The molecule has 1 atom stereocenters. The van der Waals surface area contributed by atoms with Crippen molar-refractivity contribution in [2.45, 2.75) is 44.9 Å². The summed E-state index contributed by atoms with van der Waals surface area (Å²) in [6.07, 6.45) is 4.24. The molecule has 0 radical (unpaired) electrons. The average Bonchev–Trinajstić information content (AvgIpc) is 3.32.